The van der Waals surface area contributed by atoms with Crippen LogP contribution in [0.4, 0.5) is 17.1 Å². The molecule has 1 aromatic carbocycles. The molecule has 0 radical (unpaired) electrons. The average molecular weight is 223 g/mol. The number of nitro benzene ring substituents is 2. The van der Waals surface area contributed by atoms with Crippen LogP contribution in [0.5, 0.6) is 0 Å². The van der Waals surface area contributed by atoms with Crippen LogP contribution in [-0.2, 0) is 0 Å². The van der Waals surface area contributed by atoms with Crippen molar-refractivity contribution < 1.29 is 9.85 Å². The van der Waals surface area contributed by atoms with Crippen LogP contribution >= 0.6 is 0 Å². The van der Waals surface area contributed by atoms with Crippen molar-refractivity contribution in [3.8, 4) is 0 Å². The Morgan fingerprint density at radius 3 is 2.12 bits per heavy atom. The van der Waals surface area contributed by atoms with Gasteiger partial charge < -0.3 is 5.32 Å². The molecular formula is C9H9N3O4. The van der Waals surface area contributed by atoms with Crippen LogP contribution in [0.2, 0.25) is 0 Å². The maximum absolute atomic E-state index is 10.7. The van der Waals surface area contributed by atoms with E-state index >= 15 is 0 Å². The van der Waals surface area contributed by atoms with Crippen molar-refractivity contribution in [2.45, 2.75) is 0 Å². The Hall–Kier alpha value is -2.44. The van der Waals surface area contributed by atoms with Gasteiger partial charge in [-0.2, -0.15) is 0 Å². The molecule has 0 unspecified atom stereocenters. The van der Waals surface area contributed by atoms with Crippen LogP contribution in [0.15, 0.2) is 30.9 Å². The van der Waals surface area contributed by atoms with Gasteiger partial charge in [-0.3, -0.25) is 20.2 Å². The van der Waals surface area contributed by atoms with Gasteiger partial charge in [0.1, 0.15) is 0 Å². The Kier molecular flexibility index (Phi) is 3.54. The number of benzene rings is 1. The molecule has 0 saturated carbocycles. The molecule has 0 saturated heterocycles. The van der Waals surface area contributed by atoms with E-state index in [9.17, 15) is 20.2 Å². The second-order valence-corrected chi connectivity index (χ2v) is 2.86. The SMILES string of the molecule is C=CCNc1c([N+](=O)[O-])cccc1[N+](=O)[O-]. The zero-order valence-electron chi connectivity index (χ0n) is 8.25. The van der Waals surface area contributed by atoms with Crippen LogP contribution in [0.3, 0.4) is 0 Å². The molecule has 16 heavy (non-hydrogen) atoms. The van der Waals surface area contributed by atoms with Gasteiger partial charge >= 0.3 is 0 Å². The molecule has 7 nitrogen and oxygen atoms in total. The first-order valence-corrected chi connectivity index (χ1v) is 4.34. The smallest absolute Gasteiger partial charge is 0.299 e. The van der Waals surface area contributed by atoms with Crippen LogP contribution in [-0.4, -0.2) is 16.4 Å². The molecule has 0 spiro atoms. The van der Waals surface area contributed by atoms with Crippen molar-refractivity contribution >= 4 is 17.1 Å². The third-order valence-corrected chi connectivity index (χ3v) is 1.84. The highest BCUT2D eigenvalue weighted by Crippen LogP contribution is 2.33. The summed E-state index contributed by atoms with van der Waals surface area (Å²) in [6.45, 7) is 3.64. The summed E-state index contributed by atoms with van der Waals surface area (Å²) < 4.78 is 0. The first-order valence-electron chi connectivity index (χ1n) is 4.34. The third-order valence-electron chi connectivity index (χ3n) is 1.84. The summed E-state index contributed by atoms with van der Waals surface area (Å²) in [6.07, 6.45) is 1.46. The molecule has 0 atom stereocenters. The van der Waals surface area contributed by atoms with Crippen molar-refractivity contribution in [1.29, 1.82) is 0 Å². The Labute approximate surface area is 90.7 Å². The first-order chi connectivity index (χ1) is 7.57. The van der Waals surface area contributed by atoms with Crippen LogP contribution < -0.4 is 5.32 Å². The summed E-state index contributed by atoms with van der Waals surface area (Å²) in [5, 5.41) is 23.9. The van der Waals surface area contributed by atoms with Gasteiger partial charge in [0.2, 0.25) is 0 Å². The fourth-order valence-electron chi connectivity index (χ4n) is 1.19. The Bertz CT molecular complexity index is 412. The van der Waals surface area contributed by atoms with Crippen LogP contribution in [0, 0.1) is 20.2 Å². The predicted octanol–water partition coefficient (Wildman–Crippen LogP) is 2.10. The van der Waals surface area contributed by atoms with Gasteiger partial charge in [-0.25, -0.2) is 0 Å². The molecule has 0 heterocycles. The zero-order valence-corrected chi connectivity index (χ0v) is 8.25. The molecule has 7 heteroatoms. The summed E-state index contributed by atoms with van der Waals surface area (Å²) in [5.74, 6) is 0. The van der Waals surface area contributed by atoms with E-state index in [2.05, 4.69) is 11.9 Å². The largest absolute Gasteiger partial charge is 0.370 e. The summed E-state index contributed by atoms with van der Waals surface area (Å²) >= 11 is 0. The third kappa shape index (κ3) is 2.32. The molecule has 84 valence electrons. The van der Waals surface area contributed by atoms with E-state index < -0.39 is 9.85 Å². The normalized spacial score (nSPS) is 9.50. The fraction of sp³-hybridized carbons (Fsp3) is 0.111. The minimum atomic E-state index is -0.668. The minimum Gasteiger partial charge on any atom is -0.370 e. The molecule has 1 rings (SSSR count). The molecule has 0 fully saturated rings. The Morgan fingerprint density at radius 1 is 1.25 bits per heavy atom. The number of nitro groups is 2. The maximum atomic E-state index is 10.7. The summed E-state index contributed by atoms with van der Waals surface area (Å²) in [5.41, 5.74) is -0.746. The number of nitrogens with zero attached hydrogens (tertiary/aromatic N) is 2. The predicted molar refractivity (Wildman–Crippen MR) is 58.4 cm³/mol. The molecule has 0 aliphatic carbocycles. The lowest BCUT2D eigenvalue weighted by Gasteiger charge is -2.04. The van der Waals surface area contributed by atoms with Gasteiger partial charge in [-0.1, -0.05) is 6.08 Å². The lowest BCUT2D eigenvalue weighted by Crippen LogP contribution is -2.05. The lowest BCUT2D eigenvalue weighted by molar-refractivity contribution is -0.392. The second-order valence-electron chi connectivity index (χ2n) is 2.86. The number of nitrogens with one attached hydrogen (secondary N) is 1. The number of hydrogen-bond donors (Lipinski definition) is 1. The van der Waals surface area contributed by atoms with E-state index in [1.54, 1.807) is 0 Å². The number of hydrogen-bond acceptors (Lipinski definition) is 5. The highest BCUT2D eigenvalue weighted by molar-refractivity contribution is 5.73. The van der Waals surface area contributed by atoms with Crippen LogP contribution in [0.1, 0.15) is 0 Å². The van der Waals surface area contributed by atoms with Gasteiger partial charge in [-0.05, 0) is 6.07 Å². The zero-order chi connectivity index (χ0) is 12.1. The van der Waals surface area contributed by atoms with E-state index in [0.717, 1.165) is 0 Å². The van der Waals surface area contributed by atoms with Crippen molar-refractivity contribution in [2.75, 3.05) is 11.9 Å². The molecule has 0 aromatic heterocycles. The van der Waals surface area contributed by atoms with E-state index in [-0.39, 0.29) is 23.6 Å². The van der Waals surface area contributed by atoms with Crippen LogP contribution in [0.25, 0.3) is 0 Å². The quantitative estimate of drug-likeness (QED) is 0.468. The van der Waals surface area contributed by atoms with Crippen molar-refractivity contribution in [3.05, 3.63) is 51.1 Å². The van der Waals surface area contributed by atoms with Gasteiger partial charge in [0.05, 0.1) is 9.85 Å². The van der Waals surface area contributed by atoms with Gasteiger partial charge in [-0.15, -0.1) is 6.58 Å². The highest BCUT2D eigenvalue weighted by Gasteiger charge is 2.23. The average Bonchev–Trinajstić information content (AvgIpc) is 2.25. The topological polar surface area (TPSA) is 98.3 Å². The van der Waals surface area contributed by atoms with Gasteiger partial charge in [0.25, 0.3) is 11.4 Å². The molecule has 0 aliphatic heterocycles. The summed E-state index contributed by atoms with van der Waals surface area (Å²) in [7, 11) is 0. The number of rotatable bonds is 5. The van der Waals surface area contributed by atoms with E-state index in [1.165, 1.54) is 24.3 Å². The van der Waals surface area contributed by atoms with E-state index in [1.807, 2.05) is 0 Å². The molecule has 0 amide bonds. The monoisotopic (exact) mass is 223 g/mol. The standard InChI is InChI=1S/C9H9N3O4/c1-2-6-10-9-7(11(13)14)4-3-5-8(9)12(15)16/h2-5,10H,1,6H2. The van der Waals surface area contributed by atoms with Crippen molar-refractivity contribution in [3.63, 3.8) is 0 Å². The summed E-state index contributed by atoms with van der Waals surface area (Å²) in [4.78, 5) is 20.0. The number of anilines is 1. The Balaban J connectivity index is 3.28. The van der Waals surface area contributed by atoms with E-state index in [4.69, 9.17) is 0 Å². The highest BCUT2D eigenvalue weighted by atomic mass is 16.6. The minimum absolute atomic E-state index is 0.0996. The summed E-state index contributed by atoms with van der Waals surface area (Å²) in [6, 6.07) is 3.69. The molecule has 1 N–H and O–H groups in total. The molecule has 0 aliphatic rings. The molecule has 1 aromatic rings. The maximum Gasteiger partial charge on any atom is 0.299 e. The Morgan fingerprint density at radius 2 is 1.75 bits per heavy atom. The molecule has 0 bridgehead atoms. The van der Waals surface area contributed by atoms with Crippen molar-refractivity contribution in [1.82, 2.24) is 0 Å². The van der Waals surface area contributed by atoms with Gasteiger partial charge in [0, 0.05) is 18.7 Å². The lowest BCUT2D eigenvalue weighted by atomic mass is 10.2. The molecular weight excluding hydrogens is 214 g/mol. The van der Waals surface area contributed by atoms with E-state index in [0.29, 0.717) is 0 Å². The fourth-order valence-corrected chi connectivity index (χ4v) is 1.19. The first kappa shape index (κ1) is 11.6. The van der Waals surface area contributed by atoms with Gasteiger partial charge in [0.15, 0.2) is 5.69 Å². The second kappa shape index (κ2) is 4.87. The van der Waals surface area contributed by atoms with Crippen molar-refractivity contribution in [2.24, 2.45) is 0 Å². The number of para-hydroxylation sites is 1.